The van der Waals surface area contributed by atoms with Crippen LogP contribution >= 0.6 is 0 Å². The largest absolute Gasteiger partial charge is 0.373 e. The Labute approximate surface area is 111 Å². The molecule has 0 aromatic heterocycles. The lowest BCUT2D eigenvalue weighted by Crippen LogP contribution is -2.34. The molecule has 1 aromatic carbocycles. The van der Waals surface area contributed by atoms with E-state index in [1.807, 2.05) is 31.2 Å². The second-order valence-electron chi connectivity index (χ2n) is 5.69. The molecular formula is C15H15NO3. The fourth-order valence-electron chi connectivity index (χ4n) is 3.73. The molecule has 2 bridgehead atoms. The summed E-state index contributed by atoms with van der Waals surface area (Å²) in [7, 11) is 0. The molecule has 3 saturated heterocycles. The van der Waals surface area contributed by atoms with Crippen LogP contribution in [-0.2, 0) is 14.3 Å². The topological polar surface area (TPSA) is 46.6 Å². The van der Waals surface area contributed by atoms with Crippen LogP contribution in [0.2, 0.25) is 0 Å². The van der Waals surface area contributed by atoms with Crippen LogP contribution in [0.3, 0.4) is 0 Å². The molecule has 3 aliphatic rings. The minimum atomic E-state index is -0.244. The molecule has 0 spiro atoms. The molecule has 4 heteroatoms. The molecule has 4 atom stereocenters. The van der Waals surface area contributed by atoms with Gasteiger partial charge in [0.05, 0.1) is 29.7 Å². The van der Waals surface area contributed by atoms with Gasteiger partial charge in [0.15, 0.2) is 0 Å². The maximum atomic E-state index is 12.5. The summed E-state index contributed by atoms with van der Waals surface area (Å²) in [5, 5.41) is 0. The van der Waals surface area contributed by atoms with E-state index in [4.69, 9.17) is 4.74 Å². The zero-order chi connectivity index (χ0) is 13.1. The summed E-state index contributed by atoms with van der Waals surface area (Å²) in [5.41, 5.74) is 1.75. The molecular weight excluding hydrogens is 242 g/mol. The zero-order valence-electron chi connectivity index (χ0n) is 10.7. The first-order valence-corrected chi connectivity index (χ1v) is 6.77. The maximum Gasteiger partial charge on any atom is 0.240 e. The van der Waals surface area contributed by atoms with Gasteiger partial charge in [-0.15, -0.1) is 0 Å². The lowest BCUT2D eigenvalue weighted by Gasteiger charge is -2.17. The molecule has 4 nitrogen and oxygen atoms in total. The van der Waals surface area contributed by atoms with Gasteiger partial charge in [-0.05, 0) is 37.5 Å². The fraction of sp³-hybridized carbons (Fsp3) is 0.467. The van der Waals surface area contributed by atoms with Gasteiger partial charge in [-0.1, -0.05) is 12.1 Å². The molecule has 0 saturated carbocycles. The predicted molar refractivity (Wildman–Crippen MR) is 68.5 cm³/mol. The summed E-state index contributed by atoms with van der Waals surface area (Å²) in [4.78, 5) is 26.4. The highest BCUT2D eigenvalue weighted by molar-refractivity contribution is 6.22. The first-order chi connectivity index (χ1) is 9.16. The number of hydrogen-bond acceptors (Lipinski definition) is 3. The highest BCUT2D eigenvalue weighted by Gasteiger charge is 2.62. The van der Waals surface area contributed by atoms with Gasteiger partial charge in [-0.3, -0.25) is 9.59 Å². The van der Waals surface area contributed by atoms with Gasteiger partial charge in [-0.25, -0.2) is 4.90 Å². The van der Waals surface area contributed by atoms with Crippen molar-refractivity contribution in [3.8, 4) is 0 Å². The Bertz CT molecular complexity index is 555. The molecule has 2 amide bonds. The van der Waals surface area contributed by atoms with E-state index >= 15 is 0 Å². The van der Waals surface area contributed by atoms with Crippen LogP contribution in [0.1, 0.15) is 18.4 Å². The molecule has 0 unspecified atom stereocenters. The van der Waals surface area contributed by atoms with Gasteiger partial charge in [0, 0.05) is 0 Å². The van der Waals surface area contributed by atoms with Gasteiger partial charge in [0.25, 0.3) is 0 Å². The Kier molecular flexibility index (Phi) is 2.16. The minimum Gasteiger partial charge on any atom is -0.373 e. The van der Waals surface area contributed by atoms with Gasteiger partial charge in [-0.2, -0.15) is 0 Å². The monoisotopic (exact) mass is 257 g/mol. The molecule has 3 aliphatic heterocycles. The third kappa shape index (κ3) is 1.38. The van der Waals surface area contributed by atoms with Crippen LogP contribution in [-0.4, -0.2) is 24.0 Å². The molecule has 1 aromatic rings. The van der Waals surface area contributed by atoms with Crippen molar-refractivity contribution in [1.82, 2.24) is 0 Å². The van der Waals surface area contributed by atoms with Crippen LogP contribution in [0.4, 0.5) is 5.69 Å². The number of hydrogen-bond donors (Lipinski definition) is 0. The molecule has 4 rings (SSSR count). The number of amides is 2. The van der Waals surface area contributed by atoms with Gasteiger partial charge < -0.3 is 4.74 Å². The third-order valence-electron chi connectivity index (χ3n) is 4.54. The molecule has 3 fully saturated rings. The predicted octanol–water partition coefficient (Wildman–Crippen LogP) is 1.66. The van der Waals surface area contributed by atoms with Gasteiger partial charge in [0.2, 0.25) is 11.8 Å². The van der Waals surface area contributed by atoms with E-state index in [0.717, 1.165) is 18.4 Å². The van der Waals surface area contributed by atoms with Gasteiger partial charge in [0.1, 0.15) is 0 Å². The molecule has 0 N–H and O–H groups in total. The smallest absolute Gasteiger partial charge is 0.240 e. The maximum absolute atomic E-state index is 12.5. The number of fused-ring (bicyclic) bond motifs is 5. The number of carbonyl (C=O) groups is 2. The first-order valence-electron chi connectivity index (χ1n) is 6.77. The number of nitrogens with zero attached hydrogens (tertiary/aromatic N) is 1. The lowest BCUT2D eigenvalue weighted by molar-refractivity contribution is -0.124. The van der Waals surface area contributed by atoms with Crippen LogP contribution in [0.15, 0.2) is 24.3 Å². The summed E-state index contributed by atoms with van der Waals surface area (Å²) in [6.45, 7) is 1.96. The second kappa shape index (κ2) is 3.67. The van der Waals surface area contributed by atoms with Crippen molar-refractivity contribution >= 4 is 17.5 Å². The van der Waals surface area contributed by atoms with Crippen LogP contribution in [0, 0.1) is 18.8 Å². The number of rotatable bonds is 1. The van der Waals surface area contributed by atoms with Crippen LogP contribution < -0.4 is 4.90 Å². The van der Waals surface area contributed by atoms with E-state index in [2.05, 4.69) is 0 Å². The number of aryl methyl sites for hydroxylation is 1. The number of anilines is 1. The molecule has 3 heterocycles. The Morgan fingerprint density at radius 3 is 2.32 bits per heavy atom. The lowest BCUT2D eigenvalue weighted by atomic mass is 9.81. The Hall–Kier alpha value is -1.68. The van der Waals surface area contributed by atoms with E-state index in [1.165, 1.54) is 4.90 Å². The first kappa shape index (κ1) is 11.2. The van der Waals surface area contributed by atoms with Crippen molar-refractivity contribution in [1.29, 1.82) is 0 Å². The minimum absolute atomic E-state index is 0.0405. The van der Waals surface area contributed by atoms with E-state index in [-0.39, 0.29) is 35.9 Å². The molecule has 19 heavy (non-hydrogen) atoms. The Morgan fingerprint density at radius 1 is 1.11 bits per heavy atom. The highest BCUT2D eigenvalue weighted by Crippen LogP contribution is 2.49. The van der Waals surface area contributed by atoms with Crippen LogP contribution in [0.5, 0.6) is 0 Å². The average molecular weight is 257 g/mol. The third-order valence-corrected chi connectivity index (χ3v) is 4.54. The van der Waals surface area contributed by atoms with Crippen molar-refractivity contribution in [3.63, 3.8) is 0 Å². The zero-order valence-corrected chi connectivity index (χ0v) is 10.7. The summed E-state index contributed by atoms with van der Waals surface area (Å²) in [5.74, 6) is -0.640. The molecule has 0 aliphatic carbocycles. The van der Waals surface area contributed by atoms with Crippen molar-refractivity contribution in [2.75, 3.05) is 4.90 Å². The number of carbonyl (C=O) groups excluding carboxylic acids is 2. The van der Waals surface area contributed by atoms with E-state index in [9.17, 15) is 9.59 Å². The molecule has 98 valence electrons. The second-order valence-corrected chi connectivity index (χ2v) is 5.69. The van der Waals surface area contributed by atoms with Crippen LogP contribution in [0.25, 0.3) is 0 Å². The van der Waals surface area contributed by atoms with E-state index in [1.54, 1.807) is 0 Å². The summed E-state index contributed by atoms with van der Waals surface area (Å²) in [6, 6.07) is 7.55. The van der Waals surface area contributed by atoms with Crippen molar-refractivity contribution in [2.24, 2.45) is 11.8 Å². The number of benzene rings is 1. The quantitative estimate of drug-likeness (QED) is 0.719. The summed E-state index contributed by atoms with van der Waals surface area (Å²) < 4.78 is 5.72. The SMILES string of the molecule is Cc1cccc(N2C(=O)[C@@H]3[C@H](C2=O)[C@H]2CC[C@H]3O2)c1. The van der Waals surface area contributed by atoms with Crippen molar-refractivity contribution in [3.05, 3.63) is 29.8 Å². The Balaban J connectivity index is 1.75. The number of imide groups is 1. The van der Waals surface area contributed by atoms with Crippen molar-refractivity contribution in [2.45, 2.75) is 32.0 Å². The van der Waals surface area contributed by atoms with Crippen molar-refractivity contribution < 1.29 is 14.3 Å². The summed E-state index contributed by atoms with van der Waals surface area (Å²) in [6.07, 6.45) is 1.74. The fourth-order valence-corrected chi connectivity index (χ4v) is 3.73. The normalized spacial score (nSPS) is 36.2. The average Bonchev–Trinajstić information content (AvgIpc) is 3.04. The highest BCUT2D eigenvalue weighted by atomic mass is 16.5. The Morgan fingerprint density at radius 2 is 1.74 bits per heavy atom. The van der Waals surface area contributed by atoms with E-state index in [0.29, 0.717) is 5.69 Å². The standard InChI is InChI=1S/C15H15NO3/c1-8-3-2-4-9(7-8)16-14(17)12-10-5-6-11(19-10)13(12)15(16)18/h2-4,7,10-13H,5-6H2,1H3/t10-,11-,12-,13+/m1/s1. The van der Waals surface area contributed by atoms with Gasteiger partial charge >= 0.3 is 0 Å². The number of ether oxygens (including phenoxy) is 1. The van der Waals surface area contributed by atoms with E-state index < -0.39 is 0 Å². The molecule has 0 radical (unpaired) electrons. The summed E-state index contributed by atoms with van der Waals surface area (Å²) >= 11 is 0.